The number of aromatic amines is 1. The molecule has 1 N–H and O–H groups in total. The van der Waals surface area contributed by atoms with E-state index in [0.717, 1.165) is 16.8 Å². The summed E-state index contributed by atoms with van der Waals surface area (Å²) in [5.74, 6) is 0.780. The maximum Gasteiger partial charge on any atom is 0.259 e. The molecule has 0 fully saturated rings. The highest BCUT2D eigenvalue weighted by molar-refractivity contribution is 7.18. The van der Waals surface area contributed by atoms with Crippen LogP contribution in [0.25, 0.3) is 10.2 Å². The number of hydrogen-bond donors (Lipinski definition) is 1. The van der Waals surface area contributed by atoms with Gasteiger partial charge in [0.15, 0.2) is 0 Å². The Morgan fingerprint density at radius 2 is 2.27 bits per heavy atom. The number of alkyl halides is 1. The van der Waals surface area contributed by atoms with E-state index in [4.69, 9.17) is 11.6 Å². The Kier molecular flexibility index (Phi) is 2.80. The molecule has 2 rings (SSSR count). The van der Waals surface area contributed by atoms with E-state index in [2.05, 4.69) is 16.9 Å². The molecule has 80 valence electrons. The molecule has 0 saturated heterocycles. The lowest BCUT2D eigenvalue weighted by Crippen LogP contribution is -2.10. The third-order valence-electron chi connectivity index (χ3n) is 2.40. The van der Waals surface area contributed by atoms with Gasteiger partial charge < -0.3 is 4.98 Å². The van der Waals surface area contributed by atoms with Crippen molar-refractivity contribution in [3.63, 3.8) is 0 Å². The quantitative estimate of drug-likeness (QED) is 0.823. The Bertz CT molecular complexity index is 558. The minimum Gasteiger partial charge on any atom is -0.309 e. The predicted molar refractivity (Wildman–Crippen MR) is 63.9 cm³/mol. The van der Waals surface area contributed by atoms with Gasteiger partial charge in [0.2, 0.25) is 0 Å². The molecule has 5 heteroatoms. The van der Waals surface area contributed by atoms with E-state index in [1.165, 1.54) is 4.88 Å². The number of rotatable bonds is 2. The topological polar surface area (TPSA) is 45.8 Å². The molecule has 2 aromatic rings. The Labute approximate surface area is 96.1 Å². The van der Waals surface area contributed by atoms with Gasteiger partial charge in [0.1, 0.15) is 10.7 Å². The molecule has 2 aromatic heterocycles. The summed E-state index contributed by atoms with van der Waals surface area (Å²) in [6.45, 7) is 4.04. The van der Waals surface area contributed by atoms with Crippen LogP contribution in [0.4, 0.5) is 0 Å². The molecule has 0 aromatic carbocycles. The van der Waals surface area contributed by atoms with Crippen molar-refractivity contribution in [3.8, 4) is 0 Å². The first kappa shape index (κ1) is 10.6. The molecular formula is C10H11ClN2OS. The number of H-pyrrole nitrogens is 1. The summed E-state index contributed by atoms with van der Waals surface area (Å²) in [7, 11) is 0. The molecule has 3 nitrogen and oxygen atoms in total. The van der Waals surface area contributed by atoms with E-state index in [0.29, 0.717) is 11.2 Å². The van der Waals surface area contributed by atoms with Crippen LogP contribution in [0.2, 0.25) is 0 Å². The maximum absolute atomic E-state index is 11.8. The van der Waals surface area contributed by atoms with Crippen LogP contribution >= 0.6 is 22.9 Å². The fraction of sp³-hybridized carbons (Fsp3) is 0.400. The Morgan fingerprint density at radius 1 is 1.53 bits per heavy atom. The van der Waals surface area contributed by atoms with Crippen LogP contribution in [-0.2, 0) is 12.3 Å². The SMILES string of the molecule is CCc1sc2nc(CCl)[nH]c(=O)c2c1C. The summed E-state index contributed by atoms with van der Waals surface area (Å²) in [6, 6.07) is 0. The van der Waals surface area contributed by atoms with E-state index < -0.39 is 0 Å². The molecule has 0 radical (unpaired) electrons. The van der Waals surface area contributed by atoms with Crippen molar-refractivity contribution in [1.82, 2.24) is 9.97 Å². The van der Waals surface area contributed by atoms with Crippen LogP contribution in [0.3, 0.4) is 0 Å². The molecule has 0 saturated carbocycles. The van der Waals surface area contributed by atoms with E-state index in [-0.39, 0.29) is 11.4 Å². The van der Waals surface area contributed by atoms with Gasteiger partial charge in [0, 0.05) is 4.88 Å². The highest BCUT2D eigenvalue weighted by Crippen LogP contribution is 2.27. The van der Waals surface area contributed by atoms with Gasteiger partial charge in [-0.1, -0.05) is 6.92 Å². The molecule has 2 heterocycles. The zero-order valence-corrected chi connectivity index (χ0v) is 10.1. The lowest BCUT2D eigenvalue weighted by Gasteiger charge is -1.95. The predicted octanol–water partition coefficient (Wildman–Crippen LogP) is 2.59. The summed E-state index contributed by atoms with van der Waals surface area (Å²) in [5, 5.41) is 0.714. The first-order valence-corrected chi connectivity index (χ1v) is 6.09. The summed E-state index contributed by atoms with van der Waals surface area (Å²) in [6.07, 6.45) is 0.933. The first-order valence-electron chi connectivity index (χ1n) is 4.74. The number of nitrogens with one attached hydrogen (secondary N) is 1. The molecule has 0 aliphatic carbocycles. The van der Waals surface area contributed by atoms with Crippen LogP contribution in [0, 0.1) is 6.92 Å². The second-order valence-corrected chi connectivity index (χ2v) is 4.68. The monoisotopic (exact) mass is 242 g/mol. The van der Waals surface area contributed by atoms with E-state index >= 15 is 0 Å². The van der Waals surface area contributed by atoms with Crippen LogP contribution in [0.1, 0.15) is 23.2 Å². The second kappa shape index (κ2) is 3.94. The molecule has 0 aliphatic rings. The summed E-state index contributed by atoms with van der Waals surface area (Å²) in [5.41, 5.74) is 0.969. The van der Waals surface area contributed by atoms with Gasteiger partial charge in [0.25, 0.3) is 5.56 Å². The van der Waals surface area contributed by atoms with E-state index in [1.807, 2.05) is 6.92 Å². The van der Waals surface area contributed by atoms with Crippen LogP contribution in [0.5, 0.6) is 0 Å². The Hall–Kier alpha value is -0.870. The maximum atomic E-state index is 11.8. The largest absolute Gasteiger partial charge is 0.309 e. The van der Waals surface area contributed by atoms with Crippen molar-refractivity contribution in [2.24, 2.45) is 0 Å². The normalized spacial score (nSPS) is 11.1. The van der Waals surface area contributed by atoms with E-state index in [9.17, 15) is 4.79 Å². The molecular weight excluding hydrogens is 232 g/mol. The van der Waals surface area contributed by atoms with Gasteiger partial charge in [0.05, 0.1) is 11.3 Å². The minimum atomic E-state index is -0.0795. The third kappa shape index (κ3) is 1.68. The fourth-order valence-electron chi connectivity index (χ4n) is 1.63. The lowest BCUT2D eigenvalue weighted by molar-refractivity contribution is 1.04. The molecule has 0 spiro atoms. The summed E-state index contributed by atoms with van der Waals surface area (Å²) < 4.78 is 0. The van der Waals surface area contributed by atoms with Gasteiger partial charge in [-0.3, -0.25) is 4.79 Å². The van der Waals surface area contributed by atoms with Gasteiger partial charge >= 0.3 is 0 Å². The number of fused-ring (bicyclic) bond motifs is 1. The number of halogens is 1. The van der Waals surface area contributed by atoms with Crippen LogP contribution in [-0.4, -0.2) is 9.97 Å². The Morgan fingerprint density at radius 3 is 2.87 bits per heavy atom. The van der Waals surface area contributed by atoms with Gasteiger partial charge in [-0.25, -0.2) is 4.98 Å². The summed E-state index contributed by atoms with van der Waals surface area (Å²) >= 11 is 7.23. The zero-order chi connectivity index (χ0) is 11.0. The smallest absolute Gasteiger partial charge is 0.259 e. The third-order valence-corrected chi connectivity index (χ3v) is 3.98. The number of aromatic nitrogens is 2. The minimum absolute atomic E-state index is 0.0795. The molecule has 15 heavy (non-hydrogen) atoms. The molecule has 0 aliphatic heterocycles. The van der Waals surface area contributed by atoms with Crippen molar-refractivity contribution in [2.75, 3.05) is 0 Å². The lowest BCUT2D eigenvalue weighted by atomic mass is 10.2. The van der Waals surface area contributed by atoms with Crippen molar-refractivity contribution in [1.29, 1.82) is 0 Å². The van der Waals surface area contributed by atoms with Crippen molar-refractivity contribution >= 4 is 33.2 Å². The number of hydrogen-bond acceptors (Lipinski definition) is 3. The average Bonchev–Trinajstić information content (AvgIpc) is 2.55. The van der Waals surface area contributed by atoms with E-state index in [1.54, 1.807) is 11.3 Å². The molecule has 0 amide bonds. The number of nitrogens with zero attached hydrogens (tertiary/aromatic N) is 1. The zero-order valence-electron chi connectivity index (χ0n) is 8.56. The molecule has 0 atom stereocenters. The van der Waals surface area contributed by atoms with Crippen LogP contribution in [0.15, 0.2) is 4.79 Å². The van der Waals surface area contributed by atoms with Gasteiger partial charge in [-0.05, 0) is 18.9 Å². The number of aryl methyl sites for hydroxylation is 2. The van der Waals surface area contributed by atoms with Crippen molar-refractivity contribution in [2.45, 2.75) is 26.1 Å². The number of thiophene rings is 1. The first-order chi connectivity index (χ1) is 7.17. The standard InChI is InChI=1S/C10H11ClN2OS/c1-3-6-5(2)8-9(14)12-7(4-11)13-10(8)15-6/h3-4H2,1-2H3,(H,12,13,14). The highest BCUT2D eigenvalue weighted by Gasteiger charge is 2.12. The van der Waals surface area contributed by atoms with Gasteiger partial charge in [-0.15, -0.1) is 22.9 Å². The highest BCUT2D eigenvalue weighted by atomic mass is 35.5. The Balaban J connectivity index is 2.83. The fourth-order valence-corrected chi connectivity index (χ4v) is 2.90. The van der Waals surface area contributed by atoms with Crippen molar-refractivity contribution < 1.29 is 0 Å². The van der Waals surface area contributed by atoms with Crippen molar-refractivity contribution in [3.05, 3.63) is 26.6 Å². The molecule has 0 unspecified atom stereocenters. The van der Waals surface area contributed by atoms with Gasteiger partial charge in [-0.2, -0.15) is 0 Å². The summed E-state index contributed by atoms with van der Waals surface area (Å²) in [4.78, 5) is 20.8. The second-order valence-electron chi connectivity index (χ2n) is 3.33. The molecule has 0 bridgehead atoms. The van der Waals surface area contributed by atoms with Crippen LogP contribution < -0.4 is 5.56 Å². The average molecular weight is 243 g/mol.